The lowest BCUT2D eigenvalue weighted by atomic mass is 10.1. The number of anilines is 1. The zero-order valence-electron chi connectivity index (χ0n) is 14.7. The van der Waals surface area contributed by atoms with Crippen molar-refractivity contribution in [1.82, 2.24) is 5.32 Å². The van der Waals surface area contributed by atoms with E-state index >= 15 is 0 Å². The number of guanidine groups is 1. The van der Waals surface area contributed by atoms with E-state index in [1.807, 2.05) is 26.0 Å². The van der Waals surface area contributed by atoms with Crippen LogP contribution in [-0.2, 0) is 0 Å². The van der Waals surface area contributed by atoms with Crippen LogP contribution in [0.15, 0.2) is 41.4 Å². The molecule has 2 aromatic rings. The third-order valence-corrected chi connectivity index (χ3v) is 3.61. The lowest BCUT2D eigenvalue weighted by Crippen LogP contribution is -2.28. The molecule has 0 aliphatic heterocycles. The van der Waals surface area contributed by atoms with Crippen LogP contribution in [0.3, 0.4) is 0 Å². The molecule has 0 aliphatic carbocycles. The van der Waals surface area contributed by atoms with Crippen molar-refractivity contribution in [2.75, 3.05) is 18.4 Å². The first-order valence-corrected chi connectivity index (χ1v) is 8.05. The second kappa shape index (κ2) is 8.28. The number of amides is 1. The smallest absolute Gasteiger partial charge is 0.251 e. The summed E-state index contributed by atoms with van der Waals surface area (Å²) in [4.78, 5) is 16.1. The van der Waals surface area contributed by atoms with Crippen molar-refractivity contribution in [3.63, 3.8) is 0 Å². The molecule has 0 atom stereocenters. The molecule has 0 saturated heterocycles. The molecule has 0 unspecified atom stereocenters. The highest BCUT2D eigenvalue weighted by molar-refractivity contribution is 5.94. The van der Waals surface area contributed by atoms with E-state index in [0.29, 0.717) is 18.7 Å². The molecule has 25 heavy (non-hydrogen) atoms. The van der Waals surface area contributed by atoms with Crippen LogP contribution in [0.5, 0.6) is 0 Å². The minimum atomic E-state index is -0.396. The van der Waals surface area contributed by atoms with Crippen LogP contribution in [0.2, 0.25) is 0 Å². The molecule has 5 nitrogen and oxygen atoms in total. The van der Waals surface area contributed by atoms with Crippen LogP contribution >= 0.6 is 0 Å². The Hall–Kier alpha value is -2.89. The molecule has 0 heterocycles. The number of hydrogen-bond donors (Lipinski definition) is 3. The Morgan fingerprint density at radius 1 is 1.12 bits per heavy atom. The first kappa shape index (κ1) is 18.4. The van der Waals surface area contributed by atoms with Crippen molar-refractivity contribution in [2.24, 2.45) is 10.7 Å². The number of rotatable bonds is 5. The summed E-state index contributed by atoms with van der Waals surface area (Å²) in [5.74, 6) is -0.455. The van der Waals surface area contributed by atoms with E-state index < -0.39 is 5.82 Å². The Kier molecular flexibility index (Phi) is 6.11. The Morgan fingerprint density at radius 2 is 1.80 bits per heavy atom. The summed E-state index contributed by atoms with van der Waals surface area (Å²) in [6, 6.07) is 10.4. The van der Waals surface area contributed by atoms with Gasteiger partial charge in [0.1, 0.15) is 5.82 Å². The van der Waals surface area contributed by atoms with E-state index in [9.17, 15) is 9.18 Å². The van der Waals surface area contributed by atoms with Gasteiger partial charge in [0.25, 0.3) is 5.91 Å². The third kappa shape index (κ3) is 5.60. The van der Waals surface area contributed by atoms with Crippen LogP contribution in [0.1, 0.15) is 27.0 Å². The van der Waals surface area contributed by atoms with Crippen LogP contribution in [-0.4, -0.2) is 25.0 Å². The Balaban J connectivity index is 1.83. The molecule has 132 valence electrons. The average molecular weight is 342 g/mol. The fourth-order valence-corrected chi connectivity index (χ4v) is 2.42. The lowest BCUT2D eigenvalue weighted by molar-refractivity contribution is 0.0954. The highest BCUT2D eigenvalue weighted by Crippen LogP contribution is 2.13. The number of nitrogens with one attached hydrogen (secondary N) is 2. The Labute approximate surface area is 147 Å². The summed E-state index contributed by atoms with van der Waals surface area (Å²) >= 11 is 0. The van der Waals surface area contributed by atoms with Gasteiger partial charge >= 0.3 is 0 Å². The fourth-order valence-electron chi connectivity index (χ4n) is 2.42. The van der Waals surface area contributed by atoms with Gasteiger partial charge in [-0.1, -0.05) is 12.1 Å². The molecule has 0 aliphatic rings. The van der Waals surface area contributed by atoms with Gasteiger partial charge in [-0.25, -0.2) is 4.39 Å². The van der Waals surface area contributed by atoms with Crippen LogP contribution in [0.25, 0.3) is 0 Å². The van der Waals surface area contributed by atoms with E-state index in [1.54, 1.807) is 19.1 Å². The highest BCUT2D eigenvalue weighted by Gasteiger charge is 2.07. The number of hydrogen-bond acceptors (Lipinski definition) is 2. The quantitative estimate of drug-likeness (QED) is 0.444. The first-order valence-electron chi connectivity index (χ1n) is 8.05. The molecule has 4 N–H and O–H groups in total. The van der Waals surface area contributed by atoms with Crippen LogP contribution in [0.4, 0.5) is 10.1 Å². The van der Waals surface area contributed by atoms with Crippen LogP contribution < -0.4 is 16.4 Å². The molecule has 6 heteroatoms. The summed E-state index contributed by atoms with van der Waals surface area (Å²) < 4.78 is 13.5. The van der Waals surface area contributed by atoms with Crippen molar-refractivity contribution in [2.45, 2.75) is 20.8 Å². The minimum Gasteiger partial charge on any atom is -0.370 e. The predicted octanol–water partition coefficient (Wildman–Crippen LogP) is 2.91. The topological polar surface area (TPSA) is 79.5 Å². The zero-order valence-corrected chi connectivity index (χ0v) is 14.7. The molecular formula is C19H23FN4O. The van der Waals surface area contributed by atoms with Gasteiger partial charge in [0.2, 0.25) is 0 Å². The van der Waals surface area contributed by atoms with Gasteiger partial charge in [0.05, 0.1) is 6.54 Å². The number of benzene rings is 2. The fraction of sp³-hybridized carbons (Fsp3) is 0.263. The standard InChI is InChI=1S/C19H23FN4O/c1-12-8-13(2)10-16(9-12)24-19(21)23-7-6-22-18(25)15-5-4-14(3)17(20)11-15/h4-5,8-11H,6-7H2,1-3H3,(H,22,25)(H3,21,23,24). The number of aliphatic imine (C=N–C) groups is 1. The minimum absolute atomic E-state index is 0.278. The summed E-state index contributed by atoms with van der Waals surface area (Å²) in [6.45, 7) is 6.30. The molecule has 2 aromatic carbocycles. The van der Waals surface area contributed by atoms with E-state index in [1.165, 1.54) is 6.07 Å². The SMILES string of the molecule is Cc1cc(C)cc(NC(N)=NCCNC(=O)c2ccc(C)c(F)c2)c1. The number of aryl methyl sites for hydroxylation is 3. The van der Waals surface area contributed by atoms with Crippen molar-refractivity contribution in [1.29, 1.82) is 0 Å². The summed E-state index contributed by atoms with van der Waals surface area (Å²) in [6.07, 6.45) is 0. The third-order valence-electron chi connectivity index (χ3n) is 3.61. The van der Waals surface area contributed by atoms with Crippen molar-refractivity contribution in [3.05, 3.63) is 64.5 Å². The number of carbonyl (C=O) groups excluding carboxylic acids is 1. The van der Waals surface area contributed by atoms with Crippen molar-refractivity contribution >= 4 is 17.6 Å². The summed E-state index contributed by atoms with van der Waals surface area (Å²) in [5, 5.41) is 5.71. The number of nitrogens with two attached hydrogens (primary N) is 1. The van der Waals surface area contributed by atoms with Crippen molar-refractivity contribution in [3.8, 4) is 0 Å². The van der Waals surface area contributed by atoms with Gasteiger partial charge in [-0.05, 0) is 61.7 Å². The second-order valence-corrected chi connectivity index (χ2v) is 5.99. The molecule has 1 amide bonds. The lowest BCUT2D eigenvalue weighted by Gasteiger charge is -2.08. The summed E-state index contributed by atoms with van der Waals surface area (Å²) in [7, 11) is 0. The molecular weight excluding hydrogens is 319 g/mol. The Bertz CT molecular complexity index is 782. The van der Waals surface area contributed by atoms with Gasteiger partial charge < -0.3 is 16.4 Å². The van der Waals surface area contributed by atoms with Gasteiger partial charge in [0, 0.05) is 17.8 Å². The molecule has 0 fully saturated rings. The van der Waals surface area contributed by atoms with Gasteiger partial charge in [-0.2, -0.15) is 0 Å². The molecule has 0 aromatic heterocycles. The maximum atomic E-state index is 13.5. The van der Waals surface area contributed by atoms with E-state index in [2.05, 4.69) is 21.7 Å². The van der Waals surface area contributed by atoms with Gasteiger partial charge in [-0.3, -0.25) is 9.79 Å². The summed E-state index contributed by atoms with van der Waals surface area (Å²) in [5.41, 5.74) is 9.78. The molecule has 0 radical (unpaired) electrons. The molecule has 0 spiro atoms. The number of nitrogens with zero attached hydrogens (tertiary/aromatic N) is 1. The molecule has 0 bridgehead atoms. The number of halogens is 1. The number of carbonyl (C=O) groups is 1. The molecule has 2 rings (SSSR count). The molecule has 0 saturated carbocycles. The van der Waals surface area contributed by atoms with E-state index in [-0.39, 0.29) is 17.4 Å². The van der Waals surface area contributed by atoms with Crippen molar-refractivity contribution < 1.29 is 9.18 Å². The maximum Gasteiger partial charge on any atom is 0.251 e. The largest absolute Gasteiger partial charge is 0.370 e. The first-order chi connectivity index (χ1) is 11.8. The van der Waals surface area contributed by atoms with Gasteiger partial charge in [0.15, 0.2) is 5.96 Å². The monoisotopic (exact) mass is 342 g/mol. The van der Waals surface area contributed by atoms with Gasteiger partial charge in [-0.15, -0.1) is 0 Å². The predicted molar refractivity (Wildman–Crippen MR) is 99.5 cm³/mol. The zero-order chi connectivity index (χ0) is 18.4. The maximum absolute atomic E-state index is 13.5. The normalized spacial score (nSPS) is 11.3. The highest BCUT2D eigenvalue weighted by atomic mass is 19.1. The van der Waals surface area contributed by atoms with E-state index in [0.717, 1.165) is 16.8 Å². The second-order valence-electron chi connectivity index (χ2n) is 5.99. The average Bonchev–Trinajstić information content (AvgIpc) is 2.53. The van der Waals surface area contributed by atoms with E-state index in [4.69, 9.17) is 5.73 Å². The van der Waals surface area contributed by atoms with Crippen LogP contribution in [0, 0.1) is 26.6 Å². The Morgan fingerprint density at radius 3 is 2.44 bits per heavy atom.